The van der Waals surface area contributed by atoms with Crippen molar-refractivity contribution in [1.29, 1.82) is 0 Å². The molecule has 6 heteroatoms. The molecule has 1 N–H and O–H groups in total. The van der Waals surface area contributed by atoms with Gasteiger partial charge < -0.3 is 9.47 Å². The van der Waals surface area contributed by atoms with E-state index < -0.39 is 15.6 Å². The van der Waals surface area contributed by atoms with Crippen LogP contribution in [0.4, 0.5) is 0 Å². The van der Waals surface area contributed by atoms with Crippen LogP contribution in [0.1, 0.15) is 19.3 Å². The summed E-state index contributed by atoms with van der Waals surface area (Å²) in [6, 6.07) is 0. The van der Waals surface area contributed by atoms with E-state index in [1.54, 1.807) is 0 Å². The smallest absolute Gasteiger partial charge is 0.154 e. The van der Waals surface area contributed by atoms with Gasteiger partial charge in [-0.2, -0.15) is 0 Å². The van der Waals surface area contributed by atoms with Gasteiger partial charge in [0.05, 0.1) is 23.7 Å². The molecule has 3 aliphatic rings. The summed E-state index contributed by atoms with van der Waals surface area (Å²) in [5.74, 6) is 0.346. The summed E-state index contributed by atoms with van der Waals surface area (Å²) in [4.78, 5) is 0. The molecule has 3 saturated heterocycles. The minimum atomic E-state index is -2.93. The van der Waals surface area contributed by atoms with Gasteiger partial charge in [-0.15, -0.1) is 0 Å². The van der Waals surface area contributed by atoms with Crippen molar-refractivity contribution in [3.8, 4) is 0 Å². The summed E-state index contributed by atoms with van der Waals surface area (Å²) < 4.78 is 34.6. The van der Waals surface area contributed by atoms with Crippen molar-refractivity contribution in [2.24, 2.45) is 0 Å². The van der Waals surface area contributed by atoms with Crippen LogP contribution in [0.3, 0.4) is 0 Å². The fraction of sp³-hybridized carbons (Fsp3) is 1.00. The lowest BCUT2D eigenvalue weighted by molar-refractivity contribution is -0.187. The van der Waals surface area contributed by atoms with Crippen molar-refractivity contribution in [3.63, 3.8) is 0 Å². The molecule has 3 aliphatic heterocycles. The van der Waals surface area contributed by atoms with Crippen LogP contribution < -0.4 is 5.32 Å². The largest absolute Gasteiger partial charge is 0.378 e. The third-order valence-electron chi connectivity index (χ3n) is 3.78. The Bertz CT molecular complexity index is 388. The predicted octanol–water partition coefficient (Wildman–Crippen LogP) is -0.330. The lowest BCUT2D eigenvalue weighted by Gasteiger charge is -2.44. The molecule has 3 fully saturated rings. The second kappa shape index (κ2) is 3.41. The summed E-state index contributed by atoms with van der Waals surface area (Å²) in [5.41, 5.74) is -0.865. The summed E-state index contributed by atoms with van der Waals surface area (Å²) in [6.45, 7) is 2.15. The van der Waals surface area contributed by atoms with Crippen LogP contribution in [0.5, 0.6) is 0 Å². The standard InChI is InChI=1S/C10H17NO4S/c12-16(13)6-3-10(8-16)11-4-1-9(15-10)2-5-14-7-9/h11H,1-8H2. The van der Waals surface area contributed by atoms with E-state index in [1.165, 1.54) is 0 Å². The molecule has 2 atom stereocenters. The van der Waals surface area contributed by atoms with E-state index in [9.17, 15) is 8.42 Å². The highest BCUT2D eigenvalue weighted by molar-refractivity contribution is 7.91. The Kier molecular flexibility index (Phi) is 2.34. The molecule has 0 bridgehead atoms. The molecule has 2 spiro atoms. The quantitative estimate of drug-likeness (QED) is 0.635. The zero-order chi connectivity index (χ0) is 11.3. The third-order valence-corrected chi connectivity index (χ3v) is 5.51. The first-order chi connectivity index (χ1) is 7.54. The summed E-state index contributed by atoms with van der Waals surface area (Å²) >= 11 is 0. The lowest BCUT2D eigenvalue weighted by atomic mass is 9.94. The molecule has 0 amide bonds. The molecule has 0 aromatic heterocycles. The lowest BCUT2D eigenvalue weighted by Crippen LogP contribution is -2.60. The maximum Gasteiger partial charge on any atom is 0.154 e. The van der Waals surface area contributed by atoms with Crippen molar-refractivity contribution in [2.75, 3.05) is 31.3 Å². The average molecular weight is 247 g/mol. The molecule has 0 aromatic rings. The van der Waals surface area contributed by atoms with Gasteiger partial charge >= 0.3 is 0 Å². The van der Waals surface area contributed by atoms with Gasteiger partial charge in [0.15, 0.2) is 9.84 Å². The first kappa shape index (κ1) is 11.0. The Morgan fingerprint density at radius 3 is 2.69 bits per heavy atom. The second-order valence-electron chi connectivity index (χ2n) is 5.10. The Morgan fingerprint density at radius 1 is 1.19 bits per heavy atom. The maximum absolute atomic E-state index is 11.6. The number of ether oxygens (including phenoxy) is 2. The Balaban J connectivity index is 1.82. The van der Waals surface area contributed by atoms with Gasteiger partial charge in [-0.1, -0.05) is 0 Å². The zero-order valence-electron chi connectivity index (χ0n) is 9.20. The Hall–Kier alpha value is -0.170. The highest BCUT2D eigenvalue weighted by Gasteiger charge is 2.52. The van der Waals surface area contributed by atoms with E-state index in [2.05, 4.69) is 5.32 Å². The monoisotopic (exact) mass is 247 g/mol. The zero-order valence-corrected chi connectivity index (χ0v) is 10.0. The SMILES string of the molecule is O=S1(=O)CCC2(C1)NCCC1(CCOC1)O2. The van der Waals surface area contributed by atoms with E-state index in [-0.39, 0.29) is 17.1 Å². The molecule has 92 valence electrons. The molecule has 0 aromatic carbocycles. The molecule has 16 heavy (non-hydrogen) atoms. The fourth-order valence-corrected chi connectivity index (χ4v) is 4.73. The molecule has 3 rings (SSSR count). The second-order valence-corrected chi connectivity index (χ2v) is 7.28. The van der Waals surface area contributed by atoms with E-state index in [0.29, 0.717) is 13.0 Å². The minimum Gasteiger partial charge on any atom is -0.378 e. The van der Waals surface area contributed by atoms with Crippen LogP contribution in [-0.2, 0) is 19.3 Å². The van der Waals surface area contributed by atoms with Crippen LogP contribution in [0.25, 0.3) is 0 Å². The topological polar surface area (TPSA) is 64.6 Å². The van der Waals surface area contributed by atoms with Crippen molar-refractivity contribution in [1.82, 2.24) is 5.32 Å². The van der Waals surface area contributed by atoms with Gasteiger partial charge in [0.1, 0.15) is 5.72 Å². The normalized spacial score (nSPS) is 46.8. The van der Waals surface area contributed by atoms with Gasteiger partial charge in [-0.3, -0.25) is 5.32 Å². The number of sulfone groups is 1. The molecule has 0 aliphatic carbocycles. The average Bonchev–Trinajstić information content (AvgIpc) is 2.73. The van der Waals surface area contributed by atoms with Gasteiger partial charge in [0.25, 0.3) is 0 Å². The van der Waals surface area contributed by atoms with Crippen molar-refractivity contribution in [2.45, 2.75) is 30.6 Å². The molecule has 5 nitrogen and oxygen atoms in total. The van der Waals surface area contributed by atoms with Gasteiger partial charge in [-0.25, -0.2) is 8.42 Å². The summed E-state index contributed by atoms with van der Waals surface area (Å²) in [7, 11) is -2.93. The van der Waals surface area contributed by atoms with Crippen LogP contribution in [0.2, 0.25) is 0 Å². The number of rotatable bonds is 0. The number of hydrogen-bond acceptors (Lipinski definition) is 5. The predicted molar refractivity (Wildman–Crippen MR) is 57.9 cm³/mol. The summed E-state index contributed by atoms with van der Waals surface area (Å²) in [6.07, 6.45) is 2.36. The molecule has 0 saturated carbocycles. The maximum atomic E-state index is 11.6. The van der Waals surface area contributed by atoms with Crippen molar-refractivity contribution < 1.29 is 17.9 Å². The molecular weight excluding hydrogens is 230 g/mol. The molecule has 0 radical (unpaired) electrons. The van der Waals surface area contributed by atoms with Crippen molar-refractivity contribution in [3.05, 3.63) is 0 Å². The first-order valence-electron chi connectivity index (χ1n) is 5.77. The highest BCUT2D eigenvalue weighted by atomic mass is 32.2. The summed E-state index contributed by atoms with van der Waals surface area (Å²) in [5, 5.41) is 3.24. The van der Waals surface area contributed by atoms with Crippen LogP contribution >= 0.6 is 0 Å². The van der Waals surface area contributed by atoms with Crippen LogP contribution in [0, 0.1) is 0 Å². The molecular formula is C10H17NO4S. The van der Waals surface area contributed by atoms with Gasteiger partial charge in [-0.05, 0) is 6.42 Å². The van der Waals surface area contributed by atoms with Gasteiger partial charge in [0.2, 0.25) is 0 Å². The van der Waals surface area contributed by atoms with Gasteiger partial charge in [0, 0.05) is 26.0 Å². The van der Waals surface area contributed by atoms with E-state index in [4.69, 9.17) is 9.47 Å². The fourth-order valence-electron chi connectivity index (χ4n) is 2.93. The van der Waals surface area contributed by atoms with Crippen LogP contribution in [-0.4, -0.2) is 51.0 Å². The minimum absolute atomic E-state index is 0.113. The third kappa shape index (κ3) is 1.77. The van der Waals surface area contributed by atoms with E-state index in [1.807, 2.05) is 0 Å². The van der Waals surface area contributed by atoms with Crippen molar-refractivity contribution >= 4 is 9.84 Å². The van der Waals surface area contributed by atoms with E-state index in [0.717, 1.165) is 26.0 Å². The Morgan fingerprint density at radius 2 is 2.06 bits per heavy atom. The number of hydrogen-bond donors (Lipinski definition) is 1. The molecule has 3 heterocycles. The molecule has 2 unspecified atom stereocenters. The highest BCUT2D eigenvalue weighted by Crippen LogP contribution is 2.38. The van der Waals surface area contributed by atoms with Crippen LogP contribution in [0.15, 0.2) is 0 Å². The van der Waals surface area contributed by atoms with E-state index >= 15 is 0 Å². The Labute approximate surface area is 95.4 Å². The number of nitrogens with one attached hydrogen (secondary N) is 1. The first-order valence-corrected chi connectivity index (χ1v) is 7.59.